The van der Waals surface area contributed by atoms with Gasteiger partial charge < -0.3 is 15.0 Å². The van der Waals surface area contributed by atoms with E-state index >= 15 is 0 Å². The van der Waals surface area contributed by atoms with Crippen LogP contribution in [-0.4, -0.2) is 36.4 Å². The van der Waals surface area contributed by atoms with E-state index in [2.05, 4.69) is 5.32 Å². The molecule has 5 heteroatoms. The third-order valence-corrected chi connectivity index (χ3v) is 5.12. The van der Waals surface area contributed by atoms with E-state index in [4.69, 9.17) is 4.74 Å². The molecule has 0 saturated heterocycles. The minimum Gasteiger partial charge on any atom is -0.497 e. The molecular formula is C20H26N2O3. The van der Waals surface area contributed by atoms with Crippen molar-refractivity contribution < 1.29 is 14.3 Å². The molecule has 0 spiro atoms. The molecular weight excluding hydrogens is 316 g/mol. The average molecular weight is 342 g/mol. The minimum absolute atomic E-state index is 0.0758. The number of aryl methyl sites for hydroxylation is 1. The molecule has 25 heavy (non-hydrogen) atoms. The highest BCUT2D eigenvalue weighted by atomic mass is 16.5. The summed E-state index contributed by atoms with van der Waals surface area (Å²) in [5.41, 5.74) is 3.81. The molecule has 1 aromatic carbocycles. The zero-order valence-corrected chi connectivity index (χ0v) is 15.4. The van der Waals surface area contributed by atoms with Crippen molar-refractivity contribution in [2.45, 2.75) is 46.1 Å². The molecule has 134 valence electrons. The van der Waals surface area contributed by atoms with Gasteiger partial charge in [-0.2, -0.15) is 0 Å². The highest BCUT2D eigenvalue weighted by Gasteiger charge is 2.36. The van der Waals surface area contributed by atoms with Gasteiger partial charge in [-0.15, -0.1) is 0 Å². The number of carbonyl (C=O) groups is 2. The van der Waals surface area contributed by atoms with Crippen LogP contribution >= 0.6 is 0 Å². The fourth-order valence-electron chi connectivity index (χ4n) is 4.05. The molecule has 0 bridgehead atoms. The second-order valence-electron chi connectivity index (χ2n) is 7.05. The normalized spacial score (nSPS) is 19.7. The first-order chi connectivity index (χ1) is 11.9. The number of ether oxygens (including phenoxy) is 1. The van der Waals surface area contributed by atoms with E-state index in [9.17, 15) is 9.59 Å². The van der Waals surface area contributed by atoms with Gasteiger partial charge in [-0.3, -0.25) is 9.59 Å². The summed E-state index contributed by atoms with van der Waals surface area (Å²) in [6.07, 6.45) is 2.85. The van der Waals surface area contributed by atoms with Crippen molar-refractivity contribution in [1.82, 2.24) is 10.2 Å². The van der Waals surface area contributed by atoms with Gasteiger partial charge in [0.2, 0.25) is 5.91 Å². The summed E-state index contributed by atoms with van der Waals surface area (Å²) >= 11 is 0. The third kappa shape index (κ3) is 3.15. The number of fused-ring (bicyclic) bond motifs is 3. The summed E-state index contributed by atoms with van der Waals surface area (Å²) in [6, 6.07) is 5.94. The lowest BCUT2D eigenvalue weighted by Crippen LogP contribution is -2.41. The largest absolute Gasteiger partial charge is 0.497 e. The lowest BCUT2D eigenvalue weighted by molar-refractivity contribution is -0.132. The fraction of sp³-hybridized carbons (Fsp3) is 0.500. The Balaban J connectivity index is 2.25. The number of amides is 2. The van der Waals surface area contributed by atoms with Crippen molar-refractivity contribution in [2.75, 3.05) is 13.7 Å². The van der Waals surface area contributed by atoms with E-state index < -0.39 is 0 Å². The van der Waals surface area contributed by atoms with Crippen LogP contribution in [-0.2, 0) is 16.0 Å². The van der Waals surface area contributed by atoms with Gasteiger partial charge in [0.15, 0.2) is 0 Å². The monoisotopic (exact) mass is 342 g/mol. The van der Waals surface area contributed by atoms with Crippen molar-refractivity contribution in [3.8, 4) is 5.75 Å². The van der Waals surface area contributed by atoms with Crippen LogP contribution in [0.3, 0.4) is 0 Å². The molecule has 3 rings (SSSR count). The van der Waals surface area contributed by atoms with Crippen molar-refractivity contribution >= 4 is 17.4 Å². The summed E-state index contributed by atoms with van der Waals surface area (Å²) in [7, 11) is 1.66. The van der Waals surface area contributed by atoms with Crippen LogP contribution in [0.2, 0.25) is 0 Å². The van der Waals surface area contributed by atoms with E-state index in [-0.39, 0.29) is 23.8 Å². The summed E-state index contributed by atoms with van der Waals surface area (Å²) in [6.45, 7) is 6.06. The van der Waals surface area contributed by atoms with Crippen LogP contribution in [0.5, 0.6) is 5.75 Å². The predicted molar refractivity (Wildman–Crippen MR) is 97.0 cm³/mol. The van der Waals surface area contributed by atoms with Crippen LogP contribution in [0.25, 0.3) is 5.57 Å². The predicted octanol–water partition coefficient (Wildman–Crippen LogP) is 2.75. The van der Waals surface area contributed by atoms with Gasteiger partial charge in [-0.05, 0) is 67.9 Å². The Kier molecular flexibility index (Phi) is 4.84. The third-order valence-electron chi connectivity index (χ3n) is 5.12. The Hall–Kier alpha value is -2.30. The van der Waals surface area contributed by atoms with E-state index in [1.54, 1.807) is 12.0 Å². The maximum absolute atomic E-state index is 12.9. The molecule has 1 N–H and O–H groups in total. The first-order valence-electron chi connectivity index (χ1n) is 8.93. The van der Waals surface area contributed by atoms with Crippen LogP contribution in [0.1, 0.15) is 44.7 Å². The molecule has 2 aliphatic rings. The molecule has 1 atom stereocenters. The Morgan fingerprint density at radius 3 is 2.72 bits per heavy atom. The molecule has 1 aliphatic heterocycles. The molecule has 5 nitrogen and oxygen atoms in total. The number of hydrogen-bond acceptors (Lipinski definition) is 3. The van der Waals surface area contributed by atoms with Gasteiger partial charge >= 0.3 is 0 Å². The first kappa shape index (κ1) is 17.5. The number of methoxy groups -OCH3 is 1. The second-order valence-corrected chi connectivity index (χ2v) is 7.05. The average Bonchev–Trinajstić information content (AvgIpc) is 2.73. The maximum Gasteiger partial charge on any atom is 0.268 e. The summed E-state index contributed by atoms with van der Waals surface area (Å²) < 4.78 is 5.35. The Bertz CT molecular complexity index is 736. The van der Waals surface area contributed by atoms with Gasteiger partial charge in [0, 0.05) is 19.5 Å². The summed E-state index contributed by atoms with van der Waals surface area (Å²) in [5.74, 6) is 0.860. The van der Waals surface area contributed by atoms with Crippen molar-refractivity contribution in [2.24, 2.45) is 5.92 Å². The van der Waals surface area contributed by atoms with Gasteiger partial charge in [0.25, 0.3) is 5.91 Å². The Morgan fingerprint density at radius 1 is 1.32 bits per heavy atom. The van der Waals surface area contributed by atoms with Crippen molar-refractivity contribution in [3.05, 3.63) is 35.0 Å². The van der Waals surface area contributed by atoms with Crippen LogP contribution in [0, 0.1) is 5.92 Å². The first-order valence-corrected chi connectivity index (χ1v) is 8.93. The van der Waals surface area contributed by atoms with E-state index in [0.717, 1.165) is 36.1 Å². The minimum atomic E-state index is -0.148. The molecule has 0 fully saturated rings. The van der Waals surface area contributed by atoms with E-state index in [1.165, 1.54) is 12.5 Å². The number of nitrogens with zero attached hydrogens (tertiary/aromatic N) is 1. The molecule has 1 aliphatic carbocycles. The van der Waals surface area contributed by atoms with Crippen LogP contribution in [0.15, 0.2) is 23.9 Å². The second kappa shape index (κ2) is 6.90. The van der Waals surface area contributed by atoms with Gasteiger partial charge in [-0.1, -0.05) is 6.07 Å². The van der Waals surface area contributed by atoms with Gasteiger partial charge in [0.05, 0.1) is 7.11 Å². The van der Waals surface area contributed by atoms with Crippen molar-refractivity contribution in [1.29, 1.82) is 0 Å². The standard InChI is InChI=1S/C20H26N2O3/c1-12(2)22(13(3)23)19-18-14(9-10-21-20(19)24)5-6-15-11-16(25-4)7-8-17(15)18/h7-8,11-12,14H,5-6,9-10H2,1-4H3,(H,21,24). The number of allylic oxidation sites excluding steroid dienone is 1. The van der Waals surface area contributed by atoms with Crippen LogP contribution in [0.4, 0.5) is 0 Å². The lowest BCUT2D eigenvalue weighted by atomic mass is 9.77. The Morgan fingerprint density at radius 2 is 2.08 bits per heavy atom. The number of rotatable bonds is 3. The fourth-order valence-corrected chi connectivity index (χ4v) is 4.05. The molecule has 1 heterocycles. The lowest BCUT2D eigenvalue weighted by Gasteiger charge is -2.33. The van der Waals surface area contributed by atoms with Gasteiger partial charge in [0.1, 0.15) is 11.4 Å². The molecule has 1 unspecified atom stereocenters. The molecule has 0 saturated carbocycles. The molecule has 0 aromatic heterocycles. The number of benzene rings is 1. The highest BCUT2D eigenvalue weighted by molar-refractivity contribution is 6.05. The van der Waals surface area contributed by atoms with Gasteiger partial charge in [-0.25, -0.2) is 0 Å². The zero-order chi connectivity index (χ0) is 18.1. The zero-order valence-electron chi connectivity index (χ0n) is 15.4. The van der Waals surface area contributed by atoms with Crippen molar-refractivity contribution in [3.63, 3.8) is 0 Å². The summed E-state index contributed by atoms with van der Waals surface area (Å²) in [4.78, 5) is 26.8. The number of nitrogens with one attached hydrogen (secondary N) is 1. The molecule has 2 amide bonds. The maximum atomic E-state index is 12.9. The molecule has 0 radical (unpaired) electrons. The van der Waals surface area contributed by atoms with E-state index in [1.807, 2.05) is 32.0 Å². The Labute approximate surface area is 149 Å². The topological polar surface area (TPSA) is 58.6 Å². The number of carbonyl (C=O) groups excluding carboxylic acids is 2. The summed E-state index contributed by atoms with van der Waals surface area (Å²) in [5, 5.41) is 2.98. The highest BCUT2D eigenvalue weighted by Crippen LogP contribution is 2.42. The molecule has 1 aromatic rings. The van der Waals surface area contributed by atoms with Crippen LogP contribution < -0.4 is 10.1 Å². The smallest absolute Gasteiger partial charge is 0.268 e. The quantitative estimate of drug-likeness (QED) is 0.919. The van der Waals surface area contributed by atoms with E-state index in [0.29, 0.717) is 12.2 Å². The number of hydrogen-bond donors (Lipinski definition) is 1. The SMILES string of the molecule is COc1ccc2c(c1)CCC1CCNC(=O)C(N(C(C)=O)C(C)C)=C21.